The lowest BCUT2D eigenvalue weighted by molar-refractivity contribution is 0.102. The van der Waals surface area contributed by atoms with Crippen LogP contribution in [0, 0.1) is 5.82 Å². The topological polar surface area (TPSA) is 91.2 Å². The number of hydrogen-bond acceptors (Lipinski definition) is 5. The molecule has 3 heterocycles. The molecule has 5 rings (SSSR count). The highest BCUT2D eigenvalue weighted by Crippen LogP contribution is 2.30. The summed E-state index contributed by atoms with van der Waals surface area (Å²) in [6, 6.07) is 17.5. The van der Waals surface area contributed by atoms with Crippen molar-refractivity contribution in [3.8, 4) is 11.3 Å². The second kappa shape index (κ2) is 8.54. The van der Waals surface area contributed by atoms with E-state index in [2.05, 4.69) is 25.6 Å². The van der Waals surface area contributed by atoms with Crippen molar-refractivity contribution in [3.05, 3.63) is 96.3 Å². The highest BCUT2D eigenvalue weighted by atomic mass is 19.1. The van der Waals surface area contributed by atoms with Crippen molar-refractivity contribution in [2.45, 2.75) is 6.54 Å². The number of hydrogen-bond donors (Lipinski definition) is 2. The first kappa shape index (κ1) is 20.4. The van der Waals surface area contributed by atoms with Gasteiger partial charge in [-0.25, -0.2) is 13.9 Å². The van der Waals surface area contributed by atoms with Gasteiger partial charge >= 0.3 is 0 Å². The van der Waals surface area contributed by atoms with Gasteiger partial charge in [0, 0.05) is 37.2 Å². The number of fused-ring (bicyclic) bond motifs is 1. The summed E-state index contributed by atoms with van der Waals surface area (Å²) < 4.78 is 15.3. The average molecular weight is 441 g/mol. The second-order valence-corrected chi connectivity index (χ2v) is 7.56. The number of H-pyrrole nitrogens is 1. The largest absolute Gasteiger partial charge is 0.365 e. The number of benzene rings is 2. The van der Waals surface area contributed by atoms with Gasteiger partial charge < -0.3 is 10.2 Å². The number of aromatic amines is 1. The lowest BCUT2D eigenvalue weighted by Crippen LogP contribution is -2.21. The predicted molar refractivity (Wildman–Crippen MR) is 123 cm³/mol. The van der Waals surface area contributed by atoms with Gasteiger partial charge in [-0.05, 0) is 29.8 Å². The lowest BCUT2D eigenvalue weighted by atomic mass is 10.2. The summed E-state index contributed by atoms with van der Waals surface area (Å²) >= 11 is 0. The minimum absolute atomic E-state index is 0.182. The first-order valence-electron chi connectivity index (χ1n) is 10.3. The summed E-state index contributed by atoms with van der Waals surface area (Å²) in [6.07, 6.45) is 5.10. The van der Waals surface area contributed by atoms with Gasteiger partial charge in [0.05, 0.1) is 11.9 Å². The number of nitrogens with zero attached hydrogens (tertiary/aromatic N) is 5. The van der Waals surface area contributed by atoms with E-state index in [0.717, 1.165) is 16.8 Å². The molecule has 0 atom stereocenters. The van der Waals surface area contributed by atoms with Gasteiger partial charge in [-0.3, -0.25) is 9.89 Å². The van der Waals surface area contributed by atoms with Crippen molar-refractivity contribution in [2.24, 2.45) is 0 Å². The van der Waals surface area contributed by atoms with E-state index in [-0.39, 0.29) is 5.69 Å². The zero-order valence-electron chi connectivity index (χ0n) is 17.7. The Balaban J connectivity index is 1.62. The van der Waals surface area contributed by atoms with Gasteiger partial charge in [0.1, 0.15) is 11.5 Å². The average Bonchev–Trinajstić information content (AvgIpc) is 3.48. The third kappa shape index (κ3) is 4.03. The summed E-state index contributed by atoms with van der Waals surface area (Å²) in [5.41, 5.74) is 4.22. The molecule has 0 aliphatic heterocycles. The maximum atomic E-state index is 13.6. The number of aromatic nitrogens is 5. The molecule has 2 aromatic carbocycles. The number of anilines is 2. The van der Waals surface area contributed by atoms with E-state index in [9.17, 15) is 9.18 Å². The third-order valence-corrected chi connectivity index (χ3v) is 5.23. The predicted octanol–water partition coefficient (Wildman–Crippen LogP) is 4.15. The summed E-state index contributed by atoms with van der Waals surface area (Å²) in [5.74, 6) is -0.896. The van der Waals surface area contributed by atoms with Crippen LogP contribution in [0.4, 0.5) is 15.8 Å². The fourth-order valence-corrected chi connectivity index (χ4v) is 3.74. The van der Waals surface area contributed by atoms with Gasteiger partial charge in [-0.1, -0.05) is 36.4 Å². The van der Waals surface area contributed by atoms with Crippen molar-refractivity contribution in [1.82, 2.24) is 24.8 Å². The van der Waals surface area contributed by atoms with Crippen LogP contribution in [0.5, 0.6) is 0 Å². The first-order valence-corrected chi connectivity index (χ1v) is 10.3. The van der Waals surface area contributed by atoms with E-state index in [1.807, 2.05) is 42.3 Å². The Morgan fingerprint density at radius 3 is 2.76 bits per heavy atom. The molecule has 0 fully saturated rings. The number of halogens is 1. The molecule has 9 heteroatoms. The van der Waals surface area contributed by atoms with Gasteiger partial charge in [0.25, 0.3) is 5.91 Å². The Kier molecular flexibility index (Phi) is 5.27. The molecule has 0 spiro atoms. The number of amides is 1. The van der Waals surface area contributed by atoms with E-state index in [0.29, 0.717) is 23.6 Å². The molecule has 0 unspecified atom stereocenters. The van der Waals surface area contributed by atoms with Crippen LogP contribution < -0.4 is 10.2 Å². The summed E-state index contributed by atoms with van der Waals surface area (Å²) in [5, 5.41) is 14.2. The van der Waals surface area contributed by atoms with Crippen LogP contribution in [0.15, 0.2) is 79.3 Å². The van der Waals surface area contributed by atoms with Crippen molar-refractivity contribution in [3.63, 3.8) is 0 Å². The molecule has 0 saturated heterocycles. The molecule has 0 aliphatic carbocycles. The maximum Gasteiger partial charge on any atom is 0.278 e. The smallest absolute Gasteiger partial charge is 0.278 e. The van der Waals surface area contributed by atoms with Crippen molar-refractivity contribution >= 4 is 22.9 Å². The number of rotatable bonds is 6. The Morgan fingerprint density at radius 1 is 1.15 bits per heavy atom. The van der Waals surface area contributed by atoms with E-state index in [1.165, 1.54) is 18.2 Å². The van der Waals surface area contributed by atoms with Crippen LogP contribution in [0.3, 0.4) is 0 Å². The van der Waals surface area contributed by atoms with Gasteiger partial charge in [0.2, 0.25) is 0 Å². The number of carbonyl (C=O) groups is 1. The zero-order chi connectivity index (χ0) is 22.8. The van der Waals surface area contributed by atoms with E-state index in [4.69, 9.17) is 0 Å². The lowest BCUT2D eigenvalue weighted by Gasteiger charge is -2.19. The van der Waals surface area contributed by atoms with Gasteiger partial charge in [-0.2, -0.15) is 10.2 Å². The van der Waals surface area contributed by atoms with Crippen molar-refractivity contribution < 1.29 is 9.18 Å². The molecule has 8 nitrogen and oxygen atoms in total. The molecule has 2 N–H and O–H groups in total. The van der Waals surface area contributed by atoms with E-state index >= 15 is 0 Å². The van der Waals surface area contributed by atoms with Crippen LogP contribution in [0.25, 0.3) is 16.9 Å². The Bertz CT molecular complexity index is 1410. The molecule has 0 saturated carbocycles. The fourth-order valence-electron chi connectivity index (χ4n) is 3.74. The third-order valence-electron chi connectivity index (χ3n) is 5.23. The fraction of sp³-hybridized carbons (Fsp3) is 0.0833. The minimum atomic E-state index is -0.459. The van der Waals surface area contributed by atoms with Crippen LogP contribution in [0.2, 0.25) is 0 Å². The summed E-state index contributed by atoms with van der Waals surface area (Å²) in [6.45, 7) is 0.542. The monoisotopic (exact) mass is 441 g/mol. The molecule has 1 amide bonds. The van der Waals surface area contributed by atoms with Crippen molar-refractivity contribution in [2.75, 3.05) is 17.3 Å². The normalized spacial score (nSPS) is 11.0. The quantitative estimate of drug-likeness (QED) is 0.413. The summed E-state index contributed by atoms with van der Waals surface area (Å²) in [4.78, 5) is 19.7. The highest BCUT2D eigenvalue weighted by Gasteiger charge is 2.25. The molecular weight excluding hydrogens is 421 g/mol. The molecule has 3 aromatic heterocycles. The maximum absolute atomic E-state index is 13.6. The Labute approximate surface area is 188 Å². The molecule has 0 radical (unpaired) electrons. The zero-order valence-corrected chi connectivity index (χ0v) is 17.7. The van der Waals surface area contributed by atoms with Crippen LogP contribution in [-0.4, -0.2) is 37.8 Å². The standard InChI is InChI=1S/C24H20FN7O/c1-31(15-16-6-3-2-4-7-16)22-21(24(33)29-19-9-5-8-18(25)12-19)30-32-20(10-11-26-23(22)32)17-13-27-28-14-17/h2-14H,15H2,1H3,(H,27,28)(H,29,33). The molecular formula is C24H20FN7O. The molecule has 0 bridgehead atoms. The van der Waals surface area contributed by atoms with E-state index in [1.54, 1.807) is 35.2 Å². The van der Waals surface area contributed by atoms with E-state index < -0.39 is 11.7 Å². The molecule has 0 aliphatic rings. The molecule has 5 aromatic rings. The van der Waals surface area contributed by atoms with Crippen LogP contribution in [-0.2, 0) is 6.54 Å². The number of nitrogens with one attached hydrogen (secondary N) is 2. The van der Waals surface area contributed by atoms with Gasteiger partial charge in [0.15, 0.2) is 11.3 Å². The Hall–Kier alpha value is -4.53. The van der Waals surface area contributed by atoms with Gasteiger partial charge in [-0.15, -0.1) is 0 Å². The minimum Gasteiger partial charge on any atom is -0.365 e. The highest BCUT2D eigenvalue weighted by molar-refractivity contribution is 6.09. The first-order chi connectivity index (χ1) is 16.1. The van der Waals surface area contributed by atoms with Crippen LogP contribution >= 0.6 is 0 Å². The second-order valence-electron chi connectivity index (χ2n) is 7.56. The summed E-state index contributed by atoms with van der Waals surface area (Å²) in [7, 11) is 1.88. The van der Waals surface area contributed by atoms with Crippen molar-refractivity contribution in [1.29, 1.82) is 0 Å². The van der Waals surface area contributed by atoms with Crippen LogP contribution in [0.1, 0.15) is 16.1 Å². The Morgan fingerprint density at radius 2 is 2.00 bits per heavy atom. The SMILES string of the molecule is CN(Cc1ccccc1)c1c(C(=O)Nc2cccc(F)c2)nn2c(-c3cn[nH]c3)ccnc12. The number of carbonyl (C=O) groups excluding carboxylic acids is 1. The molecule has 164 valence electrons. The molecule has 33 heavy (non-hydrogen) atoms.